The van der Waals surface area contributed by atoms with Gasteiger partial charge < -0.3 is 14.6 Å². The number of para-hydroxylation sites is 1. The average Bonchev–Trinajstić information content (AvgIpc) is 2.91. The van der Waals surface area contributed by atoms with E-state index in [4.69, 9.17) is 4.74 Å². The van der Waals surface area contributed by atoms with E-state index < -0.39 is 0 Å². The summed E-state index contributed by atoms with van der Waals surface area (Å²) in [6.45, 7) is 4.00. The molecule has 0 radical (unpaired) electrons. The van der Waals surface area contributed by atoms with Gasteiger partial charge in [0, 0.05) is 22.8 Å². The Morgan fingerprint density at radius 2 is 2.00 bits per heavy atom. The molecule has 3 aromatic rings. The van der Waals surface area contributed by atoms with Crippen molar-refractivity contribution in [2.24, 2.45) is 7.05 Å². The highest BCUT2D eigenvalue weighted by Crippen LogP contribution is 2.27. The first-order valence-corrected chi connectivity index (χ1v) is 9.37. The summed E-state index contributed by atoms with van der Waals surface area (Å²) < 4.78 is 7.77. The number of hydrogen-bond donors (Lipinski definition) is 1. The van der Waals surface area contributed by atoms with Crippen LogP contribution < -0.4 is 5.32 Å². The van der Waals surface area contributed by atoms with Crippen molar-refractivity contribution in [3.63, 3.8) is 0 Å². The van der Waals surface area contributed by atoms with E-state index in [9.17, 15) is 9.59 Å². The topological polar surface area (TPSA) is 73.2 Å². The van der Waals surface area contributed by atoms with Crippen LogP contribution in [0.1, 0.15) is 28.7 Å². The van der Waals surface area contributed by atoms with Crippen LogP contribution in [0.5, 0.6) is 0 Å². The molecule has 0 unspecified atom stereocenters. The van der Waals surface area contributed by atoms with Crippen LogP contribution in [0.2, 0.25) is 0 Å². The Kier molecular flexibility index (Phi) is 5.60. The van der Waals surface area contributed by atoms with E-state index in [0.717, 1.165) is 21.3 Å². The fourth-order valence-corrected chi connectivity index (χ4v) is 3.62. The number of imidazole rings is 1. The van der Waals surface area contributed by atoms with Crippen LogP contribution in [0, 0.1) is 6.92 Å². The Hall–Kier alpha value is -2.67. The number of anilines is 1. The second kappa shape index (κ2) is 7.92. The van der Waals surface area contributed by atoms with Gasteiger partial charge in [-0.05, 0) is 53.5 Å². The molecule has 7 heteroatoms. The largest absolute Gasteiger partial charge is 0.466 e. The number of esters is 1. The van der Waals surface area contributed by atoms with Gasteiger partial charge in [0.1, 0.15) is 5.82 Å². The van der Waals surface area contributed by atoms with Crippen molar-refractivity contribution in [2.75, 3.05) is 11.9 Å². The minimum Gasteiger partial charge on any atom is -0.466 e. The summed E-state index contributed by atoms with van der Waals surface area (Å²) in [6, 6.07) is 10.7. The van der Waals surface area contributed by atoms with Gasteiger partial charge in [-0.2, -0.15) is 0 Å². The van der Waals surface area contributed by atoms with E-state index in [0.29, 0.717) is 23.4 Å². The van der Waals surface area contributed by atoms with Crippen molar-refractivity contribution in [2.45, 2.75) is 20.3 Å². The molecular weight excluding hydrogens is 410 g/mol. The summed E-state index contributed by atoms with van der Waals surface area (Å²) in [5.74, 6) is 0.271. The highest BCUT2D eigenvalue weighted by Gasteiger charge is 2.16. The molecule has 0 saturated carbocycles. The van der Waals surface area contributed by atoms with Crippen molar-refractivity contribution in [3.8, 4) is 0 Å². The molecule has 27 heavy (non-hydrogen) atoms. The van der Waals surface area contributed by atoms with Crippen molar-refractivity contribution in [1.82, 2.24) is 9.55 Å². The number of hydrogen-bond acceptors (Lipinski definition) is 4. The lowest BCUT2D eigenvalue weighted by atomic mass is 10.1. The maximum atomic E-state index is 12.8. The molecule has 1 aromatic heterocycles. The Labute approximate surface area is 165 Å². The van der Waals surface area contributed by atoms with Crippen LogP contribution in [0.4, 0.5) is 5.69 Å². The van der Waals surface area contributed by atoms with Crippen LogP contribution >= 0.6 is 15.9 Å². The molecule has 3 rings (SSSR count). The second-order valence-corrected chi connectivity index (χ2v) is 6.99. The smallest absolute Gasteiger partial charge is 0.310 e. The van der Waals surface area contributed by atoms with E-state index >= 15 is 0 Å². The van der Waals surface area contributed by atoms with Gasteiger partial charge in [-0.15, -0.1) is 0 Å². The molecule has 0 aliphatic rings. The normalized spacial score (nSPS) is 10.8. The molecule has 0 bridgehead atoms. The minimum absolute atomic E-state index is 0.104. The van der Waals surface area contributed by atoms with Gasteiger partial charge in [-0.3, -0.25) is 9.59 Å². The van der Waals surface area contributed by atoms with Crippen molar-refractivity contribution < 1.29 is 14.3 Å². The molecule has 1 N–H and O–H groups in total. The fraction of sp³-hybridized carbons (Fsp3) is 0.250. The molecule has 0 aliphatic carbocycles. The SMILES string of the molecule is CCOC(=O)Cc1ccccc1NC(=O)c1cc(Br)c2c(c1)nc(C)n2C. The zero-order valence-corrected chi connectivity index (χ0v) is 17.0. The maximum Gasteiger partial charge on any atom is 0.310 e. The molecule has 1 heterocycles. The van der Waals surface area contributed by atoms with Crippen molar-refractivity contribution in [3.05, 3.63) is 57.8 Å². The lowest BCUT2D eigenvalue weighted by Gasteiger charge is -2.11. The molecule has 1 amide bonds. The third kappa shape index (κ3) is 4.03. The second-order valence-electron chi connectivity index (χ2n) is 6.14. The van der Waals surface area contributed by atoms with E-state index in [-0.39, 0.29) is 18.3 Å². The van der Waals surface area contributed by atoms with Gasteiger partial charge in [0.05, 0.1) is 24.1 Å². The minimum atomic E-state index is -0.327. The molecule has 2 aromatic carbocycles. The van der Waals surface area contributed by atoms with Crippen LogP contribution in [-0.2, 0) is 23.0 Å². The number of aromatic nitrogens is 2. The van der Waals surface area contributed by atoms with Crippen LogP contribution in [0.25, 0.3) is 11.0 Å². The summed E-state index contributed by atoms with van der Waals surface area (Å²) in [4.78, 5) is 29.1. The highest BCUT2D eigenvalue weighted by atomic mass is 79.9. The lowest BCUT2D eigenvalue weighted by molar-refractivity contribution is -0.142. The number of carbonyl (C=O) groups excluding carboxylic acids is 2. The first-order chi connectivity index (χ1) is 12.9. The summed E-state index contributed by atoms with van der Waals surface area (Å²) in [6.07, 6.45) is 0.104. The third-order valence-electron chi connectivity index (χ3n) is 4.31. The standard InChI is InChI=1S/C20H20BrN3O3/c1-4-27-18(25)11-13-7-5-6-8-16(13)23-20(26)14-9-15(21)19-17(10-14)22-12(2)24(19)3/h5-10H,4,11H2,1-3H3,(H,23,26). The number of amides is 1. The number of halogens is 1. The molecular formula is C20H20BrN3O3. The van der Waals surface area contributed by atoms with E-state index in [1.807, 2.05) is 30.7 Å². The third-order valence-corrected chi connectivity index (χ3v) is 4.92. The van der Waals surface area contributed by atoms with Gasteiger partial charge in [0.15, 0.2) is 0 Å². The summed E-state index contributed by atoms with van der Waals surface area (Å²) in [5, 5.41) is 2.89. The van der Waals surface area contributed by atoms with Gasteiger partial charge >= 0.3 is 5.97 Å². The number of fused-ring (bicyclic) bond motifs is 1. The van der Waals surface area contributed by atoms with Gasteiger partial charge in [-0.1, -0.05) is 18.2 Å². The summed E-state index contributed by atoms with van der Waals surface area (Å²) >= 11 is 3.53. The zero-order valence-electron chi connectivity index (χ0n) is 15.4. The van der Waals surface area contributed by atoms with Crippen molar-refractivity contribution in [1.29, 1.82) is 0 Å². The molecule has 0 atom stereocenters. The fourth-order valence-electron chi connectivity index (χ4n) is 2.90. The quantitative estimate of drug-likeness (QED) is 0.621. The predicted molar refractivity (Wildman–Crippen MR) is 108 cm³/mol. The van der Waals surface area contributed by atoms with Crippen LogP contribution in [-0.4, -0.2) is 28.0 Å². The number of carbonyl (C=O) groups is 2. The number of ether oxygens (including phenoxy) is 1. The van der Waals surface area contributed by atoms with E-state index in [2.05, 4.69) is 26.2 Å². The van der Waals surface area contributed by atoms with Gasteiger partial charge in [0.2, 0.25) is 0 Å². The summed E-state index contributed by atoms with van der Waals surface area (Å²) in [7, 11) is 1.93. The lowest BCUT2D eigenvalue weighted by Crippen LogP contribution is -2.15. The Morgan fingerprint density at radius 1 is 1.26 bits per heavy atom. The number of rotatable bonds is 5. The summed E-state index contributed by atoms with van der Waals surface area (Å²) in [5.41, 5.74) is 3.46. The zero-order chi connectivity index (χ0) is 19.6. The van der Waals surface area contributed by atoms with Crippen molar-refractivity contribution >= 4 is 44.5 Å². The maximum absolute atomic E-state index is 12.8. The van der Waals surface area contributed by atoms with Crippen LogP contribution in [0.15, 0.2) is 40.9 Å². The number of benzene rings is 2. The van der Waals surface area contributed by atoms with E-state index in [1.54, 1.807) is 31.2 Å². The first kappa shape index (κ1) is 19.1. The number of nitrogens with one attached hydrogen (secondary N) is 1. The molecule has 0 saturated heterocycles. The molecule has 0 fully saturated rings. The average molecular weight is 430 g/mol. The molecule has 140 valence electrons. The number of nitrogens with zero attached hydrogens (tertiary/aromatic N) is 2. The van der Waals surface area contributed by atoms with Gasteiger partial charge in [-0.25, -0.2) is 4.98 Å². The molecule has 6 nitrogen and oxygen atoms in total. The predicted octanol–water partition coefficient (Wildman–Crippen LogP) is 4.00. The Balaban J connectivity index is 1.88. The molecule has 0 spiro atoms. The Morgan fingerprint density at radius 3 is 2.74 bits per heavy atom. The Bertz CT molecular complexity index is 1030. The number of aryl methyl sites for hydroxylation is 2. The highest BCUT2D eigenvalue weighted by molar-refractivity contribution is 9.10. The first-order valence-electron chi connectivity index (χ1n) is 8.58. The monoisotopic (exact) mass is 429 g/mol. The van der Waals surface area contributed by atoms with Crippen LogP contribution in [0.3, 0.4) is 0 Å². The van der Waals surface area contributed by atoms with E-state index in [1.165, 1.54) is 0 Å². The van der Waals surface area contributed by atoms with Gasteiger partial charge in [0.25, 0.3) is 5.91 Å². The molecule has 0 aliphatic heterocycles.